The summed E-state index contributed by atoms with van der Waals surface area (Å²) in [5.41, 5.74) is 2.57. The van der Waals surface area contributed by atoms with Crippen molar-refractivity contribution in [3.05, 3.63) is 69.6 Å². The van der Waals surface area contributed by atoms with Gasteiger partial charge < -0.3 is 9.16 Å². The molecule has 0 amide bonds. The van der Waals surface area contributed by atoms with Crippen molar-refractivity contribution >= 4 is 14.7 Å². The maximum absolute atomic E-state index is 13.5. The molecule has 0 bridgehead atoms. The first kappa shape index (κ1) is 28.9. The Morgan fingerprint density at radius 2 is 1.78 bits per heavy atom. The third kappa shape index (κ3) is 7.93. The monoisotopic (exact) mass is 520 g/mol. The van der Waals surface area contributed by atoms with Crippen LogP contribution in [0.5, 0.6) is 5.75 Å². The highest BCUT2D eigenvalue weighted by Gasteiger charge is 2.28. The van der Waals surface area contributed by atoms with Gasteiger partial charge in [-0.25, -0.2) is 0 Å². The number of unbranched alkanes of at least 4 members (excludes halogenated alkanes) is 2. The predicted octanol–water partition coefficient (Wildman–Crippen LogP) is 7.39. The van der Waals surface area contributed by atoms with E-state index in [0.29, 0.717) is 23.3 Å². The van der Waals surface area contributed by atoms with Crippen LogP contribution in [0.25, 0.3) is 5.70 Å². The van der Waals surface area contributed by atoms with Gasteiger partial charge in [-0.15, -0.1) is 0 Å². The fraction of sp³-hybridized carbons (Fsp3) is 0.548. The predicted molar refractivity (Wildman–Crippen MR) is 155 cm³/mol. The molecule has 0 saturated carbocycles. The topological polar surface area (TPSA) is 64.2 Å². The second-order valence-corrected chi connectivity index (χ2v) is 13.5. The fourth-order valence-electron chi connectivity index (χ4n) is 5.17. The Bertz CT molecular complexity index is 1180. The van der Waals surface area contributed by atoms with Crippen LogP contribution in [-0.2, 0) is 4.43 Å². The molecule has 5 nitrogen and oxygen atoms in total. The quantitative estimate of drug-likeness (QED) is 0.258. The van der Waals surface area contributed by atoms with Crippen molar-refractivity contribution in [2.45, 2.75) is 110 Å². The van der Waals surface area contributed by atoms with Crippen molar-refractivity contribution in [3.8, 4) is 11.8 Å². The zero-order valence-electron chi connectivity index (χ0n) is 23.5. The summed E-state index contributed by atoms with van der Waals surface area (Å²) in [7, 11) is -1.10. The first-order chi connectivity index (χ1) is 17.7. The molecular formula is C31H44N2O3Si. The molecule has 6 heteroatoms. The molecule has 3 rings (SSSR count). The molecule has 0 spiro atoms. The van der Waals surface area contributed by atoms with Gasteiger partial charge in [0.1, 0.15) is 11.4 Å². The van der Waals surface area contributed by atoms with Crippen molar-refractivity contribution in [2.24, 2.45) is 0 Å². The number of benzene rings is 1. The molecular weight excluding hydrogens is 476 g/mol. The van der Waals surface area contributed by atoms with Crippen LogP contribution in [0.4, 0.5) is 0 Å². The molecule has 0 N–H and O–H groups in total. The smallest absolute Gasteiger partial charge is 0.255 e. The SMILES string of the molecule is CCCCC(CCC(CCCC)c1ccn(C2=CC(C)(C)Oc3ccc(C#N)cc32)c(=O)c1)O[SiH](C)C. The van der Waals surface area contributed by atoms with Crippen molar-refractivity contribution in [3.63, 3.8) is 0 Å². The van der Waals surface area contributed by atoms with Gasteiger partial charge >= 0.3 is 0 Å². The van der Waals surface area contributed by atoms with Gasteiger partial charge in [-0.3, -0.25) is 9.36 Å². The third-order valence-electron chi connectivity index (χ3n) is 7.00. The molecule has 0 fully saturated rings. The third-order valence-corrected chi connectivity index (χ3v) is 7.93. The molecule has 200 valence electrons. The Morgan fingerprint density at radius 1 is 1.05 bits per heavy atom. The molecule has 2 heterocycles. The number of rotatable bonds is 13. The fourth-order valence-corrected chi connectivity index (χ4v) is 6.21. The molecule has 2 atom stereocenters. The summed E-state index contributed by atoms with van der Waals surface area (Å²) in [5.74, 6) is 1.03. The van der Waals surface area contributed by atoms with Crippen molar-refractivity contribution in [1.29, 1.82) is 5.26 Å². The van der Waals surface area contributed by atoms with Crippen LogP contribution in [0.15, 0.2) is 47.4 Å². The van der Waals surface area contributed by atoms with E-state index >= 15 is 0 Å². The van der Waals surface area contributed by atoms with Gasteiger partial charge in [0, 0.05) is 23.9 Å². The van der Waals surface area contributed by atoms with E-state index in [4.69, 9.17) is 9.16 Å². The highest BCUT2D eigenvalue weighted by Crippen LogP contribution is 2.37. The molecule has 37 heavy (non-hydrogen) atoms. The number of hydrogen-bond donors (Lipinski definition) is 0. The minimum Gasteiger partial charge on any atom is -0.483 e. The van der Waals surface area contributed by atoms with Gasteiger partial charge in [0.05, 0.1) is 17.3 Å². The summed E-state index contributed by atoms with van der Waals surface area (Å²) < 4.78 is 14.2. The van der Waals surface area contributed by atoms with Gasteiger partial charge in [-0.1, -0.05) is 39.5 Å². The zero-order valence-corrected chi connectivity index (χ0v) is 24.7. The second-order valence-electron chi connectivity index (χ2n) is 11.1. The number of fused-ring (bicyclic) bond motifs is 1. The Hall–Kier alpha value is -2.62. The van der Waals surface area contributed by atoms with Gasteiger partial charge in [0.15, 0.2) is 9.04 Å². The van der Waals surface area contributed by atoms with Gasteiger partial charge in [0.25, 0.3) is 5.56 Å². The molecule has 0 aliphatic carbocycles. The zero-order chi connectivity index (χ0) is 27.0. The van der Waals surface area contributed by atoms with Gasteiger partial charge in [-0.05, 0) is 94.4 Å². The van der Waals surface area contributed by atoms with Crippen molar-refractivity contribution < 1.29 is 9.16 Å². The van der Waals surface area contributed by atoms with Crippen LogP contribution in [0.3, 0.4) is 0 Å². The van der Waals surface area contributed by atoms with E-state index in [9.17, 15) is 10.1 Å². The van der Waals surface area contributed by atoms with E-state index in [1.54, 1.807) is 16.7 Å². The maximum atomic E-state index is 13.5. The summed E-state index contributed by atoms with van der Waals surface area (Å²) in [6.45, 7) is 12.9. The molecule has 1 aliphatic heterocycles. The van der Waals surface area contributed by atoms with E-state index in [1.807, 2.05) is 38.3 Å². The number of nitrogens with zero attached hydrogens (tertiary/aromatic N) is 2. The highest BCUT2D eigenvalue weighted by atomic mass is 28.3. The van der Waals surface area contributed by atoms with E-state index in [1.165, 1.54) is 12.8 Å². The van der Waals surface area contributed by atoms with Crippen LogP contribution < -0.4 is 10.3 Å². The average Bonchev–Trinajstić information content (AvgIpc) is 2.85. The summed E-state index contributed by atoms with van der Waals surface area (Å²) in [5, 5.41) is 9.42. The molecule has 1 aliphatic rings. The first-order valence-corrected chi connectivity index (χ1v) is 16.8. The van der Waals surface area contributed by atoms with Crippen LogP contribution in [-0.4, -0.2) is 25.3 Å². The number of aromatic nitrogens is 1. The lowest BCUT2D eigenvalue weighted by Gasteiger charge is -2.31. The van der Waals surface area contributed by atoms with E-state index in [0.717, 1.165) is 55.3 Å². The van der Waals surface area contributed by atoms with E-state index in [2.05, 4.69) is 39.1 Å². The van der Waals surface area contributed by atoms with Crippen LogP contribution in [0.1, 0.15) is 102 Å². The molecule has 1 aromatic heterocycles. The summed E-state index contributed by atoms with van der Waals surface area (Å²) in [6, 6.07) is 11.5. The number of ether oxygens (including phenoxy) is 1. The first-order valence-electron chi connectivity index (χ1n) is 14.0. The van der Waals surface area contributed by atoms with Gasteiger partial charge in [-0.2, -0.15) is 5.26 Å². The lowest BCUT2D eigenvalue weighted by molar-refractivity contribution is 0.157. The van der Waals surface area contributed by atoms with Crippen LogP contribution in [0, 0.1) is 11.3 Å². The number of hydrogen-bond acceptors (Lipinski definition) is 4. The average molecular weight is 521 g/mol. The summed E-state index contributed by atoms with van der Waals surface area (Å²) >= 11 is 0. The van der Waals surface area contributed by atoms with Crippen LogP contribution >= 0.6 is 0 Å². The Balaban J connectivity index is 1.90. The molecule has 1 aromatic carbocycles. The standard InChI is InChI=1S/C31H44N2O3Si/c1-7-9-11-24(14-15-26(12-10-8-2)36-37(5)6)25-17-18-33(30(34)20-25)28-21-31(3,4)35-29-16-13-23(22-32)19-27(28)29/h13,16-21,24,26,37H,7-12,14-15H2,1-6H3. The molecule has 2 aromatic rings. The molecule has 2 unspecified atom stereocenters. The molecule has 0 radical (unpaired) electrons. The summed E-state index contributed by atoms with van der Waals surface area (Å²) in [6.07, 6.45) is 13.2. The molecule has 0 saturated heterocycles. The normalized spacial score (nSPS) is 15.9. The number of pyridine rings is 1. The lowest BCUT2D eigenvalue weighted by Crippen LogP contribution is -2.32. The Morgan fingerprint density at radius 3 is 2.43 bits per heavy atom. The second kappa shape index (κ2) is 13.3. The van der Waals surface area contributed by atoms with E-state index in [-0.39, 0.29) is 5.56 Å². The lowest BCUT2D eigenvalue weighted by atomic mass is 9.88. The van der Waals surface area contributed by atoms with E-state index < -0.39 is 14.6 Å². The highest BCUT2D eigenvalue weighted by molar-refractivity contribution is 6.48. The van der Waals surface area contributed by atoms with Crippen molar-refractivity contribution in [1.82, 2.24) is 4.57 Å². The maximum Gasteiger partial charge on any atom is 0.255 e. The van der Waals surface area contributed by atoms with Crippen molar-refractivity contribution in [2.75, 3.05) is 0 Å². The Labute approximate surface area is 224 Å². The van der Waals surface area contributed by atoms with Crippen LogP contribution in [0.2, 0.25) is 13.1 Å². The Kier molecular flexibility index (Phi) is 10.4. The minimum absolute atomic E-state index is 0.0513. The van der Waals surface area contributed by atoms with Gasteiger partial charge in [0.2, 0.25) is 0 Å². The summed E-state index contributed by atoms with van der Waals surface area (Å²) in [4.78, 5) is 13.5. The largest absolute Gasteiger partial charge is 0.483 e. The minimum atomic E-state index is -1.10. The number of nitriles is 1.